The first-order chi connectivity index (χ1) is 17.1. The van der Waals surface area contributed by atoms with Crippen LogP contribution >= 0.6 is 0 Å². The van der Waals surface area contributed by atoms with Gasteiger partial charge in [-0.1, -0.05) is 97.1 Å². The summed E-state index contributed by atoms with van der Waals surface area (Å²) < 4.78 is 0. The van der Waals surface area contributed by atoms with Crippen molar-refractivity contribution in [2.45, 2.75) is 19.0 Å². The molecule has 1 amide bonds. The van der Waals surface area contributed by atoms with Gasteiger partial charge < -0.3 is 4.90 Å². The minimum absolute atomic E-state index is 0.00848. The molecule has 1 aliphatic rings. The number of anilines is 1. The van der Waals surface area contributed by atoms with Gasteiger partial charge in [0.15, 0.2) is 0 Å². The Bertz CT molecular complexity index is 1400. The minimum Gasteiger partial charge on any atom is -0.305 e. The van der Waals surface area contributed by atoms with Crippen molar-refractivity contribution in [2.24, 2.45) is 4.99 Å². The van der Waals surface area contributed by atoms with E-state index in [2.05, 4.69) is 0 Å². The predicted molar refractivity (Wildman–Crippen MR) is 137 cm³/mol. The molecule has 1 atom stereocenters. The highest BCUT2D eigenvalue weighted by molar-refractivity contribution is 6.20. The third-order valence-corrected chi connectivity index (χ3v) is 6.12. The molecule has 5 rings (SSSR count). The Labute approximate surface area is 203 Å². The average molecular weight is 462 g/mol. The highest BCUT2D eigenvalue weighted by Gasteiger charge is 2.33. The smallest absolute Gasteiger partial charge is 0.274 e. The molecular weight excluding hydrogens is 438 g/mol. The summed E-state index contributed by atoms with van der Waals surface area (Å²) in [5.41, 5.74) is 4.63. The van der Waals surface area contributed by atoms with Crippen LogP contribution in [0.25, 0.3) is 0 Å². The van der Waals surface area contributed by atoms with E-state index >= 15 is 0 Å². The number of nitro benzene ring substituents is 1. The number of benzene rings is 4. The molecule has 1 heterocycles. The Kier molecular flexibility index (Phi) is 6.18. The number of aliphatic imine (C=N–C) groups is 1. The summed E-state index contributed by atoms with van der Waals surface area (Å²) in [5, 5.41) is 11.7. The number of hydrogen-bond donors (Lipinski definition) is 0. The fourth-order valence-corrected chi connectivity index (χ4v) is 4.44. The number of rotatable bonds is 6. The number of nitrogens with zero attached hydrogens (tertiary/aromatic N) is 3. The van der Waals surface area contributed by atoms with Gasteiger partial charge in [0.05, 0.1) is 22.9 Å². The molecular formula is C29H23N3O3. The number of carbonyl (C=O) groups excluding carboxylic acids is 1. The lowest BCUT2D eigenvalue weighted by Crippen LogP contribution is -2.38. The zero-order valence-corrected chi connectivity index (χ0v) is 19.0. The minimum atomic E-state index is -0.678. The molecule has 0 spiro atoms. The highest BCUT2D eigenvalue weighted by atomic mass is 16.6. The van der Waals surface area contributed by atoms with E-state index in [9.17, 15) is 14.9 Å². The monoisotopic (exact) mass is 461 g/mol. The molecule has 0 saturated heterocycles. The molecule has 1 aliphatic heterocycles. The SMILES string of the molecule is O=C1[C@H](Cc2ccccc2)N=C(c2ccccc2)c2ccccc2N1Cc1ccccc1[N+](=O)[O-]. The first kappa shape index (κ1) is 22.2. The maximum Gasteiger partial charge on any atom is 0.274 e. The quantitative estimate of drug-likeness (QED) is 0.277. The highest BCUT2D eigenvalue weighted by Crippen LogP contribution is 2.32. The van der Waals surface area contributed by atoms with Crippen molar-refractivity contribution in [1.82, 2.24) is 0 Å². The van der Waals surface area contributed by atoms with Gasteiger partial charge in [0.1, 0.15) is 6.04 Å². The van der Waals surface area contributed by atoms with Gasteiger partial charge in [-0.15, -0.1) is 0 Å². The van der Waals surface area contributed by atoms with Crippen molar-refractivity contribution in [3.8, 4) is 0 Å². The molecule has 0 aromatic heterocycles. The fraction of sp³-hybridized carbons (Fsp3) is 0.103. The summed E-state index contributed by atoms with van der Waals surface area (Å²) in [7, 11) is 0. The molecule has 0 unspecified atom stereocenters. The maximum absolute atomic E-state index is 14.0. The van der Waals surface area contributed by atoms with Gasteiger partial charge in [-0.25, -0.2) is 0 Å². The number of para-hydroxylation sites is 2. The van der Waals surface area contributed by atoms with Gasteiger partial charge in [0.25, 0.3) is 11.6 Å². The Morgan fingerprint density at radius 1 is 0.800 bits per heavy atom. The summed E-state index contributed by atoms with van der Waals surface area (Å²) in [4.78, 5) is 31.9. The third-order valence-electron chi connectivity index (χ3n) is 6.12. The molecule has 172 valence electrons. The van der Waals surface area contributed by atoms with Crippen LogP contribution in [-0.4, -0.2) is 22.6 Å². The zero-order valence-electron chi connectivity index (χ0n) is 19.0. The van der Waals surface area contributed by atoms with E-state index in [1.165, 1.54) is 6.07 Å². The molecule has 0 fully saturated rings. The van der Waals surface area contributed by atoms with Crippen molar-refractivity contribution in [2.75, 3.05) is 4.90 Å². The standard InChI is InChI=1S/C29H23N3O3/c33-29-25(19-21-11-3-1-4-12-21)30-28(22-13-5-2-6-14-22)24-16-8-10-18-27(24)31(29)20-23-15-7-9-17-26(23)32(34)35/h1-18,25H,19-20H2/t25-/m0/s1. The van der Waals surface area contributed by atoms with Crippen molar-refractivity contribution >= 4 is 23.0 Å². The molecule has 35 heavy (non-hydrogen) atoms. The topological polar surface area (TPSA) is 75.8 Å². The van der Waals surface area contributed by atoms with Crippen LogP contribution in [0.15, 0.2) is 114 Å². The number of amides is 1. The third kappa shape index (κ3) is 4.59. The predicted octanol–water partition coefficient (Wildman–Crippen LogP) is 5.59. The van der Waals surface area contributed by atoms with Crippen LogP contribution in [0.2, 0.25) is 0 Å². The maximum atomic E-state index is 14.0. The van der Waals surface area contributed by atoms with E-state index < -0.39 is 11.0 Å². The van der Waals surface area contributed by atoms with E-state index in [0.29, 0.717) is 17.7 Å². The van der Waals surface area contributed by atoms with Crippen molar-refractivity contribution in [1.29, 1.82) is 0 Å². The second-order valence-electron chi connectivity index (χ2n) is 8.38. The molecule has 4 aromatic carbocycles. The molecule has 6 nitrogen and oxygen atoms in total. The fourth-order valence-electron chi connectivity index (χ4n) is 4.44. The molecule has 6 heteroatoms. The summed E-state index contributed by atoms with van der Waals surface area (Å²) in [6, 6.07) is 33.1. The lowest BCUT2D eigenvalue weighted by molar-refractivity contribution is -0.385. The number of fused-ring (bicyclic) bond motifs is 1. The van der Waals surface area contributed by atoms with Gasteiger partial charge in [-0.3, -0.25) is 19.9 Å². The van der Waals surface area contributed by atoms with Gasteiger partial charge in [0, 0.05) is 29.2 Å². The lowest BCUT2D eigenvalue weighted by Gasteiger charge is -2.25. The van der Waals surface area contributed by atoms with Crippen LogP contribution in [0, 0.1) is 10.1 Å². The molecule has 0 aliphatic carbocycles. The number of carbonyl (C=O) groups is 1. The van der Waals surface area contributed by atoms with Gasteiger partial charge in [-0.2, -0.15) is 0 Å². The molecule has 4 aromatic rings. The largest absolute Gasteiger partial charge is 0.305 e. The first-order valence-corrected chi connectivity index (χ1v) is 11.4. The normalized spacial score (nSPS) is 15.2. The number of hydrogen-bond acceptors (Lipinski definition) is 4. The summed E-state index contributed by atoms with van der Waals surface area (Å²) in [6.07, 6.45) is 0.428. The van der Waals surface area contributed by atoms with Gasteiger partial charge >= 0.3 is 0 Å². The van der Waals surface area contributed by atoms with E-state index in [1.807, 2.05) is 84.9 Å². The van der Waals surface area contributed by atoms with Gasteiger partial charge in [0.2, 0.25) is 0 Å². The Morgan fingerprint density at radius 2 is 1.43 bits per heavy atom. The first-order valence-electron chi connectivity index (χ1n) is 11.4. The molecule has 0 bridgehead atoms. The Balaban J connectivity index is 1.66. The Hall–Kier alpha value is -4.58. The molecule has 0 saturated carbocycles. The van der Waals surface area contributed by atoms with E-state index in [1.54, 1.807) is 23.1 Å². The van der Waals surface area contributed by atoms with Crippen LogP contribution < -0.4 is 4.90 Å². The van der Waals surface area contributed by atoms with Crippen molar-refractivity contribution < 1.29 is 9.72 Å². The second-order valence-corrected chi connectivity index (χ2v) is 8.38. The molecule has 0 N–H and O–H groups in total. The lowest BCUT2D eigenvalue weighted by atomic mass is 10.00. The Morgan fingerprint density at radius 3 is 2.17 bits per heavy atom. The van der Waals surface area contributed by atoms with E-state index in [-0.39, 0.29) is 18.1 Å². The van der Waals surface area contributed by atoms with E-state index in [4.69, 9.17) is 4.99 Å². The summed E-state index contributed by atoms with van der Waals surface area (Å²) in [6.45, 7) is 0.0792. The van der Waals surface area contributed by atoms with Crippen molar-refractivity contribution in [3.63, 3.8) is 0 Å². The van der Waals surface area contributed by atoms with Crippen molar-refractivity contribution in [3.05, 3.63) is 142 Å². The number of benzodiazepines with no additional fused rings is 1. The van der Waals surface area contributed by atoms with Crippen LogP contribution in [0.1, 0.15) is 22.3 Å². The van der Waals surface area contributed by atoms with Crippen LogP contribution in [-0.2, 0) is 17.8 Å². The van der Waals surface area contributed by atoms with Crippen LogP contribution in [0.3, 0.4) is 0 Å². The van der Waals surface area contributed by atoms with Gasteiger partial charge in [-0.05, 0) is 11.6 Å². The second kappa shape index (κ2) is 9.73. The van der Waals surface area contributed by atoms with E-state index in [0.717, 1.165) is 22.4 Å². The average Bonchev–Trinajstić information content (AvgIpc) is 3.01. The summed E-state index contributed by atoms with van der Waals surface area (Å²) in [5.74, 6) is -0.189. The van der Waals surface area contributed by atoms with Crippen LogP contribution in [0.4, 0.5) is 11.4 Å². The summed E-state index contributed by atoms with van der Waals surface area (Å²) >= 11 is 0. The number of nitro groups is 1. The molecule has 0 radical (unpaired) electrons. The van der Waals surface area contributed by atoms with Crippen LogP contribution in [0.5, 0.6) is 0 Å². The zero-order chi connectivity index (χ0) is 24.2.